The molecule has 1 saturated heterocycles. The van der Waals surface area contributed by atoms with Gasteiger partial charge in [0, 0.05) is 13.2 Å². The lowest BCUT2D eigenvalue weighted by molar-refractivity contribution is 0.109. The predicted octanol–water partition coefficient (Wildman–Crippen LogP) is 2.49. The molecule has 1 N–H and O–H groups in total. The van der Waals surface area contributed by atoms with Crippen LogP contribution in [0.3, 0.4) is 0 Å². The van der Waals surface area contributed by atoms with Crippen molar-refractivity contribution in [1.82, 2.24) is 5.32 Å². The third-order valence-electron chi connectivity index (χ3n) is 4.17. The zero-order valence-corrected chi connectivity index (χ0v) is 14.8. The fourth-order valence-electron chi connectivity index (χ4n) is 2.84. The molecule has 0 aromatic rings. The van der Waals surface area contributed by atoms with Crippen LogP contribution >= 0.6 is 0 Å². The van der Waals surface area contributed by atoms with Crippen molar-refractivity contribution in [1.29, 1.82) is 0 Å². The maximum Gasteiger partial charge on any atom is 0.150 e. The summed E-state index contributed by atoms with van der Waals surface area (Å²) in [5.74, 6) is 2.09. The van der Waals surface area contributed by atoms with Gasteiger partial charge in [-0.25, -0.2) is 8.42 Å². The molecule has 0 aliphatic carbocycles. The maximum absolute atomic E-state index is 11.7. The Morgan fingerprint density at radius 3 is 2.57 bits per heavy atom. The molecule has 0 aromatic heterocycles. The zero-order chi connectivity index (χ0) is 15.7. The lowest BCUT2D eigenvalue weighted by atomic mass is 9.89. The molecule has 1 heterocycles. The first-order chi connectivity index (χ1) is 9.94. The first-order valence-corrected chi connectivity index (χ1v) is 10.3. The summed E-state index contributed by atoms with van der Waals surface area (Å²) in [5.41, 5.74) is 0. The Labute approximate surface area is 130 Å². The van der Waals surface area contributed by atoms with E-state index in [0.717, 1.165) is 52.0 Å². The van der Waals surface area contributed by atoms with E-state index in [1.54, 1.807) is 0 Å². The SMILES string of the molecule is CCCCOCCC(CNCC(C)C)C1CCS(=O)(=O)C1. The van der Waals surface area contributed by atoms with Crippen LogP contribution in [0.5, 0.6) is 0 Å². The second-order valence-electron chi connectivity index (χ2n) is 6.73. The van der Waals surface area contributed by atoms with Crippen molar-refractivity contribution in [2.75, 3.05) is 37.8 Å². The van der Waals surface area contributed by atoms with Crippen LogP contribution in [0, 0.1) is 17.8 Å². The molecule has 126 valence electrons. The van der Waals surface area contributed by atoms with Gasteiger partial charge in [-0.3, -0.25) is 0 Å². The molecule has 1 fully saturated rings. The third-order valence-corrected chi connectivity index (χ3v) is 5.96. The standard InChI is InChI=1S/C16H33NO3S/c1-4-5-8-20-9-6-15(12-17-11-14(2)3)16-7-10-21(18,19)13-16/h14-17H,4-13H2,1-3H3. The number of rotatable bonds is 11. The highest BCUT2D eigenvalue weighted by Crippen LogP contribution is 2.28. The monoisotopic (exact) mass is 319 g/mol. The van der Waals surface area contributed by atoms with E-state index < -0.39 is 9.84 Å². The van der Waals surface area contributed by atoms with Gasteiger partial charge < -0.3 is 10.1 Å². The van der Waals surface area contributed by atoms with Crippen molar-refractivity contribution in [2.45, 2.75) is 46.5 Å². The van der Waals surface area contributed by atoms with Gasteiger partial charge in [-0.15, -0.1) is 0 Å². The Bertz CT molecular complexity index is 368. The van der Waals surface area contributed by atoms with Crippen LogP contribution in [0.2, 0.25) is 0 Å². The van der Waals surface area contributed by atoms with Gasteiger partial charge in [0.2, 0.25) is 0 Å². The third kappa shape index (κ3) is 8.17. The van der Waals surface area contributed by atoms with Gasteiger partial charge in [-0.1, -0.05) is 27.2 Å². The molecular formula is C16H33NO3S. The first kappa shape index (κ1) is 18.9. The summed E-state index contributed by atoms with van der Waals surface area (Å²) >= 11 is 0. The summed E-state index contributed by atoms with van der Waals surface area (Å²) in [5, 5.41) is 3.49. The largest absolute Gasteiger partial charge is 0.381 e. The molecule has 21 heavy (non-hydrogen) atoms. The Morgan fingerprint density at radius 1 is 1.24 bits per heavy atom. The normalized spacial score (nSPS) is 22.8. The van der Waals surface area contributed by atoms with E-state index in [-0.39, 0.29) is 0 Å². The van der Waals surface area contributed by atoms with Gasteiger partial charge in [0.25, 0.3) is 0 Å². The number of unbranched alkanes of at least 4 members (excludes halogenated alkanes) is 1. The average molecular weight is 320 g/mol. The van der Waals surface area contributed by atoms with Crippen LogP contribution in [0.1, 0.15) is 46.5 Å². The predicted molar refractivity (Wildman–Crippen MR) is 88.3 cm³/mol. The van der Waals surface area contributed by atoms with Gasteiger partial charge in [0.05, 0.1) is 11.5 Å². The van der Waals surface area contributed by atoms with Crippen molar-refractivity contribution in [3.63, 3.8) is 0 Å². The van der Waals surface area contributed by atoms with Gasteiger partial charge in [0.15, 0.2) is 9.84 Å². The second kappa shape index (κ2) is 9.80. The molecule has 1 rings (SSSR count). The minimum absolute atomic E-state index is 0.310. The zero-order valence-electron chi connectivity index (χ0n) is 13.9. The number of nitrogens with one attached hydrogen (secondary N) is 1. The van der Waals surface area contributed by atoms with Gasteiger partial charge in [0.1, 0.15) is 0 Å². The number of hydrogen-bond donors (Lipinski definition) is 1. The van der Waals surface area contributed by atoms with Gasteiger partial charge in [-0.05, 0) is 50.1 Å². The quantitative estimate of drug-likeness (QED) is 0.595. The summed E-state index contributed by atoms with van der Waals surface area (Å²) < 4.78 is 29.0. The smallest absolute Gasteiger partial charge is 0.150 e. The molecule has 5 heteroatoms. The molecule has 0 spiro atoms. The molecule has 2 atom stereocenters. The highest BCUT2D eigenvalue weighted by atomic mass is 32.2. The van der Waals surface area contributed by atoms with Crippen LogP contribution in [0.25, 0.3) is 0 Å². The van der Waals surface area contributed by atoms with E-state index >= 15 is 0 Å². The summed E-state index contributed by atoms with van der Waals surface area (Å²) in [4.78, 5) is 0. The molecule has 0 amide bonds. The molecule has 1 aliphatic rings. The minimum atomic E-state index is -2.79. The number of hydrogen-bond acceptors (Lipinski definition) is 4. The van der Waals surface area contributed by atoms with Crippen LogP contribution in [0.15, 0.2) is 0 Å². The molecule has 1 aliphatic heterocycles. The molecule has 0 bridgehead atoms. The van der Waals surface area contributed by atoms with Crippen molar-refractivity contribution in [3.05, 3.63) is 0 Å². The van der Waals surface area contributed by atoms with Crippen molar-refractivity contribution >= 4 is 9.84 Å². The highest BCUT2D eigenvalue weighted by molar-refractivity contribution is 7.91. The topological polar surface area (TPSA) is 55.4 Å². The van der Waals surface area contributed by atoms with E-state index in [4.69, 9.17) is 4.74 Å². The molecule has 0 aromatic carbocycles. The Kier molecular flexibility index (Phi) is 8.83. The Hall–Kier alpha value is -0.130. The maximum atomic E-state index is 11.7. The van der Waals surface area contributed by atoms with Gasteiger partial charge >= 0.3 is 0 Å². The fourth-order valence-corrected chi connectivity index (χ4v) is 4.76. The van der Waals surface area contributed by atoms with Gasteiger partial charge in [-0.2, -0.15) is 0 Å². The number of sulfone groups is 1. The lowest BCUT2D eigenvalue weighted by Crippen LogP contribution is -2.32. The van der Waals surface area contributed by atoms with E-state index in [9.17, 15) is 8.42 Å². The van der Waals surface area contributed by atoms with Crippen molar-refractivity contribution < 1.29 is 13.2 Å². The van der Waals surface area contributed by atoms with Crippen LogP contribution in [-0.4, -0.2) is 46.2 Å². The summed E-state index contributed by atoms with van der Waals surface area (Å²) in [6.45, 7) is 10.0. The highest BCUT2D eigenvalue weighted by Gasteiger charge is 2.33. The summed E-state index contributed by atoms with van der Waals surface area (Å²) in [7, 11) is -2.79. The van der Waals surface area contributed by atoms with E-state index in [2.05, 4.69) is 26.1 Å². The fraction of sp³-hybridized carbons (Fsp3) is 1.00. The first-order valence-electron chi connectivity index (χ1n) is 8.43. The Morgan fingerprint density at radius 2 is 2.00 bits per heavy atom. The summed E-state index contributed by atoms with van der Waals surface area (Å²) in [6.07, 6.45) is 4.05. The molecule has 0 saturated carbocycles. The molecular weight excluding hydrogens is 286 g/mol. The molecule has 2 unspecified atom stereocenters. The summed E-state index contributed by atoms with van der Waals surface area (Å²) in [6, 6.07) is 0. The van der Waals surface area contributed by atoms with E-state index in [1.807, 2.05) is 0 Å². The molecule has 0 radical (unpaired) electrons. The van der Waals surface area contributed by atoms with E-state index in [1.165, 1.54) is 0 Å². The minimum Gasteiger partial charge on any atom is -0.381 e. The second-order valence-corrected chi connectivity index (χ2v) is 8.96. The Balaban J connectivity index is 2.38. The lowest BCUT2D eigenvalue weighted by Gasteiger charge is -2.23. The van der Waals surface area contributed by atoms with Crippen molar-refractivity contribution in [3.8, 4) is 0 Å². The average Bonchev–Trinajstić information content (AvgIpc) is 2.76. The van der Waals surface area contributed by atoms with Crippen LogP contribution in [0.4, 0.5) is 0 Å². The van der Waals surface area contributed by atoms with Crippen LogP contribution in [-0.2, 0) is 14.6 Å². The van der Waals surface area contributed by atoms with E-state index in [0.29, 0.717) is 29.3 Å². The molecule has 4 nitrogen and oxygen atoms in total. The van der Waals surface area contributed by atoms with Crippen LogP contribution < -0.4 is 5.32 Å². The van der Waals surface area contributed by atoms with Crippen molar-refractivity contribution in [2.24, 2.45) is 17.8 Å². The number of ether oxygens (including phenoxy) is 1.